The Kier molecular flexibility index (Phi) is 4.90. The molecule has 2 rings (SSSR count). The largest absolute Gasteiger partial charge is 0.481 e. The van der Waals surface area contributed by atoms with Crippen molar-refractivity contribution >= 4 is 11.7 Å². The monoisotopic (exact) mass is 292 g/mol. The zero-order valence-corrected chi connectivity index (χ0v) is 12.0. The van der Waals surface area contributed by atoms with Crippen molar-refractivity contribution in [3.05, 3.63) is 39.4 Å². The number of carbonyl (C=O) groups is 1. The highest BCUT2D eigenvalue weighted by molar-refractivity contribution is 5.70. The van der Waals surface area contributed by atoms with Crippen molar-refractivity contribution < 1.29 is 14.8 Å². The maximum atomic E-state index is 10.9. The Morgan fingerprint density at radius 3 is 2.62 bits per heavy atom. The molecule has 1 aromatic carbocycles. The van der Waals surface area contributed by atoms with Gasteiger partial charge in [-0.1, -0.05) is 12.1 Å². The van der Waals surface area contributed by atoms with Gasteiger partial charge in [0.05, 0.1) is 10.8 Å². The summed E-state index contributed by atoms with van der Waals surface area (Å²) in [5, 5.41) is 23.2. The third kappa shape index (κ3) is 4.01. The molecule has 114 valence electrons. The van der Waals surface area contributed by atoms with E-state index in [0.717, 1.165) is 18.4 Å². The minimum atomic E-state index is -0.706. The molecule has 6 heteroatoms. The number of hydrogen-bond donors (Lipinski definition) is 2. The first kappa shape index (κ1) is 15.4. The summed E-state index contributed by atoms with van der Waals surface area (Å²) in [6, 6.07) is 5.54. The first-order valence-electron chi connectivity index (χ1n) is 7.17. The summed E-state index contributed by atoms with van der Waals surface area (Å²) in [6.45, 7) is 2.30. The summed E-state index contributed by atoms with van der Waals surface area (Å²) in [5.41, 5.74) is 1.68. The summed E-state index contributed by atoms with van der Waals surface area (Å²) in [5.74, 6) is -0.925. The van der Waals surface area contributed by atoms with Gasteiger partial charge in [0, 0.05) is 24.2 Å². The average molecular weight is 292 g/mol. The van der Waals surface area contributed by atoms with Crippen LogP contribution in [-0.2, 0) is 11.3 Å². The second-order valence-corrected chi connectivity index (χ2v) is 5.65. The molecule has 0 aliphatic heterocycles. The third-order valence-corrected chi connectivity index (χ3v) is 4.14. The van der Waals surface area contributed by atoms with Gasteiger partial charge in [0.1, 0.15) is 0 Å². The van der Waals surface area contributed by atoms with E-state index in [2.05, 4.69) is 5.32 Å². The minimum absolute atomic E-state index is 0.142. The first-order chi connectivity index (χ1) is 9.97. The summed E-state index contributed by atoms with van der Waals surface area (Å²) in [6.07, 6.45) is 3.07. The summed E-state index contributed by atoms with van der Waals surface area (Å²) >= 11 is 0. The number of hydrogen-bond acceptors (Lipinski definition) is 4. The minimum Gasteiger partial charge on any atom is -0.481 e. The molecule has 0 radical (unpaired) electrons. The van der Waals surface area contributed by atoms with E-state index in [9.17, 15) is 14.9 Å². The van der Waals surface area contributed by atoms with Gasteiger partial charge in [-0.15, -0.1) is 0 Å². The lowest BCUT2D eigenvalue weighted by Crippen LogP contribution is -2.34. The van der Waals surface area contributed by atoms with Gasteiger partial charge >= 0.3 is 5.97 Å². The van der Waals surface area contributed by atoms with Crippen LogP contribution in [0.4, 0.5) is 5.69 Å². The SMILES string of the molecule is Cc1ccc(CNC2CCC(C(=O)O)CC2)cc1[N+](=O)[O-]. The van der Waals surface area contributed by atoms with E-state index in [1.165, 1.54) is 0 Å². The molecule has 0 heterocycles. The molecule has 0 amide bonds. The topological polar surface area (TPSA) is 92.5 Å². The van der Waals surface area contributed by atoms with Crippen LogP contribution in [0.15, 0.2) is 18.2 Å². The number of nitrogens with one attached hydrogen (secondary N) is 1. The Bertz CT molecular complexity index is 536. The molecule has 1 aromatic rings. The summed E-state index contributed by atoms with van der Waals surface area (Å²) < 4.78 is 0. The van der Waals surface area contributed by atoms with E-state index >= 15 is 0 Å². The molecule has 21 heavy (non-hydrogen) atoms. The normalized spacial score (nSPS) is 22.0. The van der Waals surface area contributed by atoms with Gasteiger partial charge in [-0.25, -0.2) is 0 Å². The lowest BCUT2D eigenvalue weighted by molar-refractivity contribution is -0.385. The molecule has 1 aliphatic carbocycles. The molecular formula is C15H20N2O4. The zero-order valence-electron chi connectivity index (χ0n) is 12.0. The van der Waals surface area contributed by atoms with E-state index < -0.39 is 5.97 Å². The van der Waals surface area contributed by atoms with Gasteiger partial charge in [0.15, 0.2) is 0 Å². The van der Waals surface area contributed by atoms with Crippen molar-refractivity contribution in [1.29, 1.82) is 0 Å². The van der Waals surface area contributed by atoms with Crippen LogP contribution in [-0.4, -0.2) is 22.0 Å². The first-order valence-corrected chi connectivity index (χ1v) is 7.17. The van der Waals surface area contributed by atoms with E-state index in [4.69, 9.17) is 5.11 Å². The maximum Gasteiger partial charge on any atom is 0.306 e. The highest BCUT2D eigenvalue weighted by Crippen LogP contribution is 2.25. The number of rotatable bonds is 5. The van der Waals surface area contributed by atoms with Crippen molar-refractivity contribution in [1.82, 2.24) is 5.32 Å². The Labute approximate surface area is 123 Å². The molecule has 6 nitrogen and oxygen atoms in total. The number of nitrogens with zero attached hydrogens (tertiary/aromatic N) is 1. The van der Waals surface area contributed by atoms with Crippen LogP contribution in [0.3, 0.4) is 0 Å². The summed E-state index contributed by atoms with van der Waals surface area (Å²) in [7, 11) is 0. The number of benzene rings is 1. The third-order valence-electron chi connectivity index (χ3n) is 4.14. The average Bonchev–Trinajstić information content (AvgIpc) is 2.46. The Morgan fingerprint density at radius 1 is 1.38 bits per heavy atom. The number of nitro benzene ring substituents is 1. The molecule has 1 saturated carbocycles. The van der Waals surface area contributed by atoms with Crippen molar-refractivity contribution in [2.24, 2.45) is 5.92 Å². The number of aliphatic carboxylic acids is 1. The Balaban J connectivity index is 1.88. The van der Waals surface area contributed by atoms with Crippen LogP contribution in [0.2, 0.25) is 0 Å². The maximum absolute atomic E-state index is 10.9. The molecule has 1 aliphatic rings. The van der Waals surface area contributed by atoms with Crippen LogP contribution in [0, 0.1) is 23.0 Å². The van der Waals surface area contributed by atoms with Gasteiger partial charge in [-0.05, 0) is 38.2 Å². The highest BCUT2D eigenvalue weighted by atomic mass is 16.6. The van der Waals surface area contributed by atoms with E-state index in [1.807, 2.05) is 6.07 Å². The standard InChI is InChI=1S/C15H20N2O4/c1-10-2-3-11(8-14(10)17(20)21)9-16-13-6-4-12(5-7-13)15(18)19/h2-3,8,12-13,16H,4-7,9H2,1H3,(H,18,19). The van der Waals surface area contributed by atoms with Gasteiger partial charge in [0.25, 0.3) is 5.69 Å². The van der Waals surface area contributed by atoms with E-state index in [-0.39, 0.29) is 16.5 Å². The van der Waals surface area contributed by atoms with Crippen LogP contribution < -0.4 is 5.32 Å². The van der Waals surface area contributed by atoms with Crippen molar-refractivity contribution in [3.8, 4) is 0 Å². The molecule has 0 aromatic heterocycles. The molecule has 0 spiro atoms. The second kappa shape index (κ2) is 6.67. The lowest BCUT2D eigenvalue weighted by Gasteiger charge is -2.27. The predicted molar refractivity (Wildman–Crippen MR) is 78.1 cm³/mol. The molecule has 1 fully saturated rings. The summed E-state index contributed by atoms with van der Waals surface area (Å²) in [4.78, 5) is 21.4. The second-order valence-electron chi connectivity index (χ2n) is 5.65. The molecule has 0 atom stereocenters. The predicted octanol–water partition coefficient (Wildman–Crippen LogP) is 2.64. The van der Waals surface area contributed by atoms with Gasteiger partial charge in [0.2, 0.25) is 0 Å². The fourth-order valence-electron chi connectivity index (χ4n) is 2.77. The van der Waals surface area contributed by atoms with Crippen molar-refractivity contribution in [3.63, 3.8) is 0 Å². The molecule has 2 N–H and O–H groups in total. The van der Waals surface area contributed by atoms with Crippen molar-refractivity contribution in [2.45, 2.75) is 45.2 Å². The molecule has 0 bridgehead atoms. The van der Waals surface area contributed by atoms with Crippen LogP contribution in [0.1, 0.15) is 36.8 Å². The van der Waals surface area contributed by atoms with Gasteiger partial charge in [-0.3, -0.25) is 14.9 Å². The van der Waals surface area contributed by atoms with Crippen LogP contribution >= 0.6 is 0 Å². The highest BCUT2D eigenvalue weighted by Gasteiger charge is 2.25. The fourth-order valence-corrected chi connectivity index (χ4v) is 2.77. The number of nitro groups is 1. The lowest BCUT2D eigenvalue weighted by atomic mass is 9.86. The van der Waals surface area contributed by atoms with E-state index in [0.29, 0.717) is 31.0 Å². The van der Waals surface area contributed by atoms with Crippen LogP contribution in [0.5, 0.6) is 0 Å². The fraction of sp³-hybridized carbons (Fsp3) is 0.533. The number of aryl methyl sites for hydroxylation is 1. The zero-order chi connectivity index (χ0) is 15.4. The van der Waals surface area contributed by atoms with Gasteiger partial charge in [-0.2, -0.15) is 0 Å². The quantitative estimate of drug-likeness (QED) is 0.643. The number of carboxylic acid groups (broad SMARTS) is 1. The molecule has 0 unspecified atom stereocenters. The van der Waals surface area contributed by atoms with Crippen LogP contribution in [0.25, 0.3) is 0 Å². The molecular weight excluding hydrogens is 272 g/mol. The van der Waals surface area contributed by atoms with Crippen molar-refractivity contribution in [2.75, 3.05) is 0 Å². The van der Waals surface area contributed by atoms with E-state index in [1.54, 1.807) is 19.1 Å². The molecule has 0 saturated heterocycles. The Morgan fingerprint density at radius 2 is 2.05 bits per heavy atom. The number of carboxylic acids is 1. The smallest absolute Gasteiger partial charge is 0.306 e. The van der Waals surface area contributed by atoms with Gasteiger partial charge < -0.3 is 10.4 Å². The Hall–Kier alpha value is -1.95.